The van der Waals surface area contributed by atoms with Crippen molar-refractivity contribution in [2.75, 3.05) is 19.0 Å². The van der Waals surface area contributed by atoms with E-state index in [-0.39, 0.29) is 12.3 Å². The van der Waals surface area contributed by atoms with Crippen LogP contribution in [-0.2, 0) is 23.8 Å². The van der Waals surface area contributed by atoms with Gasteiger partial charge in [-0.15, -0.1) is 11.8 Å². The lowest BCUT2D eigenvalue weighted by atomic mass is 10.0. The van der Waals surface area contributed by atoms with Crippen LogP contribution in [0.3, 0.4) is 0 Å². The zero-order valence-corrected chi connectivity index (χ0v) is 18.1. The number of ether oxygens (including phenoxy) is 3. The molecule has 0 aromatic heterocycles. The molecule has 3 amide bonds. The van der Waals surface area contributed by atoms with Crippen LogP contribution in [0.15, 0.2) is 11.3 Å². The average Bonchev–Trinajstić information content (AvgIpc) is 3.46. The highest BCUT2D eigenvalue weighted by molar-refractivity contribution is 8.00. The average molecular weight is 442 g/mol. The highest BCUT2D eigenvalue weighted by Crippen LogP contribution is 2.41. The fourth-order valence-corrected chi connectivity index (χ4v) is 4.49. The summed E-state index contributed by atoms with van der Waals surface area (Å²) in [5, 5.41) is 2.10. The topological polar surface area (TPSA) is 137 Å². The first-order chi connectivity index (χ1) is 14.1. The Bertz CT molecular complexity index is 773. The number of hydrogen-bond donors (Lipinski definition) is 2. The van der Waals surface area contributed by atoms with Crippen LogP contribution in [0.25, 0.3) is 0 Å². The van der Waals surface area contributed by atoms with Crippen molar-refractivity contribution in [3.63, 3.8) is 0 Å². The fourth-order valence-electron chi connectivity index (χ4n) is 3.16. The Morgan fingerprint density at radius 1 is 1.23 bits per heavy atom. The molecule has 1 saturated carbocycles. The van der Waals surface area contributed by atoms with Crippen molar-refractivity contribution in [3.8, 4) is 0 Å². The Morgan fingerprint density at radius 3 is 2.53 bits per heavy atom. The molecule has 1 aliphatic carbocycles. The Balaban J connectivity index is 1.68. The van der Waals surface area contributed by atoms with Gasteiger partial charge in [0.15, 0.2) is 0 Å². The number of hydrogen-bond acceptors (Lipinski definition) is 8. The van der Waals surface area contributed by atoms with Crippen molar-refractivity contribution in [1.29, 1.82) is 0 Å². The van der Waals surface area contributed by atoms with Gasteiger partial charge < -0.3 is 25.3 Å². The highest BCUT2D eigenvalue weighted by atomic mass is 32.2. The van der Waals surface area contributed by atoms with Crippen molar-refractivity contribution in [2.45, 2.75) is 57.1 Å². The lowest BCUT2D eigenvalue weighted by Crippen LogP contribution is -2.70. The second kappa shape index (κ2) is 8.75. The second-order valence-electron chi connectivity index (χ2n) is 8.46. The Kier molecular flexibility index (Phi) is 6.49. The summed E-state index contributed by atoms with van der Waals surface area (Å²) in [6, 6.07) is -0.806. The Hall–Kier alpha value is -2.43. The number of primary amides is 1. The van der Waals surface area contributed by atoms with Crippen molar-refractivity contribution in [2.24, 2.45) is 11.7 Å². The summed E-state index contributed by atoms with van der Waals surface area (Å²) in [6.07, 6.45) is 1.52. The number of esters is 1. The summed E-state index contributed by atoms with van der Waals surface area (Å²) in [7, 11) is 0. The highest BCUT2D eigenvalue weighted by Gasteiger charge is 2.55. The van der Waals surface area contributed by atoms with Gasteiger partial charge >= 0.3 is 18.2 Å². The van der Waals surface area contributed by atoms with E-state index in [0.29, 0.717) is 23.9 Å². The zero-order valence-electron chi connectivity index (χ0n) is 17.3. The van der Waals surface area contributed by atoms with Crippen molar-refractivity contribution >= 4 is 35.8 Å². The molecule has 2 heterocycles. The van der Waals surface area contributed by atoms with Gasteiger partial charge in [-0.3, -0.25) is 9.69 Å². The third kappa shape index (κ3) is 5.38. The van der Waals surface area contributed by atoms with Crippen LogP contribution in [0.5, 0.6) is 0 Å². The van der Waals surface area contributed by atoms with Gasteiger partial charge in [-0.2, -0.15) is 0 Å². The number of alkyl carbamates (subject to hydrolysis) is 1. The number of nitrogens with one attached hydrogen (secondary N) is 1. The molecular formula is C19H27N3O7S. The number of nitrogens with two attached hydrogens (primary N) is 1. The minimum absolute atomic E-state index is 0.0278. The third-order valence-corrected chi connectivity index (χ3v) is 6.10. The maximum absolute atomic E-state index is 12.8. The minimum atomic E-state index is -0.985. The number of β-lactam (4-membered cyclic amide) rings is 1. The molecule has 0 spiro atoms. The summed E-state index contributed by atoms with van der Waals surface area (Å²) in [4.78, 5) is 49.8. The van der Waals surface area contributed by atoms with Gasteiger partial charge in [0.1, 0.15) is 29.3 Å². The molecule has 11 heteroatoms. The standard InChI is InChI=1S/C19H27N3O7S/c1-19(2,3)29-16(24)13-11(8-28-17(20)25)9-30-15-12(14(23)22(13)15)21-18(26)27-7-6-10-4-5-10/h10,12,15H,4-9H2,1-3H3,(H2,20,25)(H,21,26)/t12-,15-/m1/s1. The summed E-state index contributed by atoms with van der Waals surface area (Å²) in [6.45, 7) is 5.21. The van der Waals surface area contributed by atoms with Gasteiger partial charge in [0.25, 0.3) is 5.91 Å². The van der Waals surface area contributed by atoms with Crippen LogP contribution in [0.4, 0.5) is 9.59 Å². The van der Waals surface area contributed by atoms with E-state index in [0.717, 1.165) is 6.42 Å². The quantitative estimate of drug-likeness (QED) is 0.344. The number of rotatable bonds is 7. The molecule has 0 bridgehead atoms. The summed E-state index contributed by atoms with van der Waals surface area (Å²) < 4.78 is 15.4. The summed E-state index contributed by atoms with van der Waals surface area (Å²) in [5.41, 5.74) is 4.69. The van der Waals surface area contributed by atoms with Crippen LogP contribution < -0.4 is 11.1 Å². The molecule has 3 rings (SSSR count). The number of fused-ring (bicyclic) bond motifs is 1. The largest absolute Gasteiger partial charge is 0.455 e. The molecule has 1 saturated heterocycles. The zero-order chi connectivity index (χ0) is 22.1. The first-order valence-corrected chi connectivity index (χ1v) is 10.9. The first-order valence-electron chi connectivity index (χ1n) is 9.82. The van der Waals surface area contributed by atoms with E-state index >= 15 is 0 Å². The monoisotopic (exact) mass is 441 g/mol. The predicted molar refractivity (Wildman–Crippen MR) is 107 cm³/mol. The lowest BCUT2D eigenvalue weighted by molar-refractivity contribution is -0.158. The SMILES string of the molecule is CC(C)(C)OC(=O)C1=C(COC(N)=O)CS[C@@H]2[C@H](NC(=O)OCCC3CC3)C(=O)N12. The number of carbonyl (C=O) groups is 4. The number of amides is 3. The van der Waals surface area contributed by atoms with E-state index in [9.17, 15) is 19.2 Å². The van der Waals surface area contributed by atoms with Crippen LogP contribution in [0.1, 0.15) is 40.0 Å². The van der Waals surface area contributed by atoms with Crippen LogP contribution in [-0.4, -0.2) is 64.9 Å². The van der Waals surface area contributed by atoms with Gasteiger partial charge in [-0.25, -0.2) is 14.4 Å². The van der Waals surface area contributed by atoms with E-state index in [1.807, 2.05) is 0 Å². The van der Waals surface area contributed by atoms with Crippen LogP contribution in [0.2, 0.25) is 0 Å². The van der Waals surface area contributed by atoms with Crippen molar-refractivity contribution in [1.82, 2.24) is 10.2 Å². The van der Waals surface area contributed by atoms with Crippen molar-refractivity contribution in [3.05, 3.63) is 11.3 Å². The molecular weight excluding hydrogens is 414 g/mol. The first kappa shape index (κ1) is 22.3. The third-order valence-electron chi connectivity index (χ3n) is 4.76. The van der Waals surface area contributed by atoms with Crippen molar-refractivity contribution < 1.29 is 33.4 Å². The van der Waals surface area contributed by atoms with E-state index in [1.165, 1.54) is 29.5 Å². The van der Waals surface area contributed by atoms with Crippen LogP contribution >= 0.6 is 11.8 Å². The fraction of sp³-hybridized carbons (Fsp3) is 0.684. The molecule has 0 unspecified atom stereocenters. The molecule has 166 valence electrons. The molecule has 0 aromatic carbocycles. The number of nitrogens with zero attached hydrogens (tertiary/aromatic N) is 1. The predicted octanol–water partition coefficient (Wildman–Crippen LogP) is 1.49. The van der Waals surface area contributed by atoms with E-state index in [4.69, 9.17) is 19.9 Å². The maximum atomic E-state index is 12.8. The van der Waals surface area contributed by atoms with Gasteiger partial charge in [0, 0.05) is 11.3 Å². The normalized spacial score (nSPS) is 23.3. The number of thioether (sulfide) groups is 1. The van der Waals surface area contributed by atoms with Gasteiger partial charge in [-0.1, -0.05) is 12.8 Å². The molecule has 0 aromatic rings. The second-order valence-corrected chi connectivity index (χ2v) is 9.57. The Labute approximate surface area is 178 Å². The minimum Gasteiger partial charge on any atom is -0.455 e. The van der Waals surface area contributed by atoms with Gasteiger partial charge in [0.05, 0.1) is 6.61 Å². The molecule has 30 heavy (non-hydrogen) atoms. The maximum Gasteiger partial charge on any atom is 0.407 e. The molecule has 3 N–H and O–H groups in total. The van der Waals surface area contributed by atoms with Gasteiger partial charge in [0.2, 0.25) is 0 Å². The molecule has 2 fully saturated rings. The smallest absolute Gasteiger partial charge is 0.407 e. The summed E-state index contributed by atoms with van der Waals surface area (Å²) in [5.74, 6) is -0.209. The van der Waals surface area contributed by atoms with Crippen LogP contribution in [0, 0.1) is 5.92 Å². The molecule has 3 aliphatic rings. The Morgan fingerprint density at radius 2 is 1.93 bits per heavy atom. The summed E-state index contributed by atoms with van der Waals surface area (Å²) >= 11 is 1.34. The van der Waals surface area contributed by atoms with E-state index < -0.39 is 41.1 Å². The van der Waals surface area contributed by atoms with Gasteiger partial charge in [-0.05, 0) is 33.1 Å². The molecule has 10 nitrogen and oxygen atoms in total. The molecule has 2 aliphatic heterocycles. The van der Waals surface area contributed by atoms with E-state index in [2.05, 4.69) is 5.32 Å². The molecule has 2 atom stereocenters. The number of carbonyl (C=O) groups excluding carboxylic acids is 4. The van der Waals surface area contributed by atoms with E-state index in [1.54, 1.807) is 20.8 Å². The lowest BCUT2D eigenvalue weighted by Gasteiger charge is -2.49. The molecule has 0 radical (unpaired) electrons.